The molecule has 7 nitrogen and oxygen atoms in total. The maximum absolute atomic E-state index is 12.5. The fourth-order valence-electron chi connectivity index (χ4n) is 2.42. The Balaban J connectivity index is 2.06. The molecule has 0 unspecified atom stereocenters. The number of amides is 2. The number of benzene rings is 1. The van der Waals surface area contributed by atoms with E-state index in [0.29, 0.717) is 12.1 Å². The van der Waals surface area contributed by atoms with E-state index in [-0.39, 0.29) is 17.5 Å². The van der Waals surface area contributed by atoms with Gasteiger partial charge in [0.25, 0.3) is 0 Å². The van der Waals surface area contributed by atoms with Crippen LogP contribution < -0.4 is 20.1 Å². The summed E-state index contributed by atoms with van der Waals surface area (Å²) in [4.78, 5) is 12.2. The van der Waals surface area contributed by atoms with Crippen molar-refractivity contribution >= 4 is 11.7 Å². The van der Waals surface area contributed by atoms with E-state index in [1.807, 2.05) is 20.0 Å². The minimum atomic E-state index is -2.99. The third-order valence-corrected chi connectivity index (χ3v) is 3.73. The van der Waals surface area contributed by atoms with Gasteiger partial charge in [0.05, 0.1) is 19.3 Å². The Bertz CT molecular complexity index is 737. The number of nitrogens with zero attached hydrogens (tertiary/aromatic N) is 2. The zero-order valence-electron chi connectivity index (χ0n) is 14.8. The number of alkyl halides is 2. The van der Waals surface area contributed by atoms with Crippen molar-refractivity contribution in [3.63, 3.8) is 0 Å². The van der Waals surface area contributed by atoms with E-state index in [1.54, 1.807) is 10.9 Å². The van der Waals surface area contributed by atoms with Crippen LogP contribution in [0.3, 0.4) is 0 Å². The van der Waals surface area contributed by atoms with E-state index < -0.39 is 12.6 Å². The quantitative estimate of drug-likeness (QED) is 0.743. The van der Waals surface area contributed by atoms with Crippen LogP contribution in [-0.4, -0.2) is 29.5 Å². The molecule has 1 aromatic carbocycles. The fourth-order valence-corrected chi connectivity index (χ4v) is 2.42. The standard InChI is InChI=1S/C17H22F2N4O3/c1-4-13(11-9-20-23(5-2)10-11)22-17(24)21-12-6-7-14(25-3)15(8-12)26-16(18)19/h6-10,13,16H,4-5H2,1-3H3,(H2,21,22,24)/t13-/m1/s1. The van der Waals surface area contributed by atoms with Crippen LogP contribution in [-0.2, 0) is 6.54 Å². The average molecular weight is 368 g/mol. The topological polar surface area (TPSA) is 77.4 Å². The van der Waals surface area contributed by atoms with Crippen molar-refractivity contribution in [2.24, 2.45) is 0 Å². The van der Waals surface area contributed by atoms with E-state index in [1.165, 1.54) is 25.3 Å². The normalized spacial score (nSPS) is 11.9. The van der Waals surface area contributed by atoms with Crippen LogP contribution in [0, 0.1) is 0 Å². The summed E-state index contributed by atoms with van der Waals surface area (Å²) in [5, 5.41) is 9.64. The Labute approximate surface area is 150 Å². The molecule has 0 saturated carbocycles. The van der Waals surface area contributed by atoms with Gasteiger partial charge in [-0.05, 0) is 25.5 Å². The average Bonchev–Trinajstić information content (AvgIpc) is 3.08. The number of ether oxygens (including phenoxy) is 2. The van der Waals surface area contributed by atoms with Gasteiger partial charge in [-0.2, -0.15) is 13.9 Å². The molecule has 0 aliphatic carbocycles. The molecule has 26 heavy (non-hydrogen) atoms. The molecule has 0 saturated heterocycles. The lowest BCUT2D eigenvalue weighted by Gasteiger charge is -2.17. The second-order valence-electron chi connectivity index (χ2n) is 5.43. The van der Waals surface area contributed by atoms with Crippen LogP contribution in [0.25, 0.3) is 0 Å². The molecule has 1 aromatic heterocycles. The van der Waals surface area contributed by atoms with Crippen molar-refractivity contribution in [1.82, 2.24) is 15.1 Å². The molecule has 2 rings (SSSR count). The van der Waals surface area contributed by atoms with E-state index in [0.717, 1.165) is 12.1 Å². The molecule has 1 atom stereocenters. The Hall–Kier alpha value is -2.84. The van der Waals surface area contributed by atoms with Crippen LogP contribution in [0.2, 0.25) is 0 Å². The molecule has 2 amide bonds. The summed E-state index contributed by atoms with van der Waals surface area (Å²) in [6.07, 6.45) is 4.25. The van der Waals surface area contributed by atoms with Gasteiger partial charge in [0.1, 0.15) is 0 Å². The number of hydrogen-bond donors (Lipinski definition) is 2. The third-order valence-electron chi connectivity index (χ3n) is 3.73. The van der Waals surface area contributed by atoms with Crippen molar-refractivity contribution in [3.05, 3.63) is 36.2 Å². The number of rotatable bonds is 8. The summed E-state index contributed by atoms with van der Waals surface area (Å²) in [6.45, 7) is 1.66. The second kappa shape index (κ2) is 9.02. The lowest BCUT2D eigenvalue weighted by atomic mass is 10.1. The molecule has 9 heteroatoms. The molecule has 1 heterocycles. The summed E-state index contributed by atoms with van der Waals surface area (Å²) in [5.41, 5.74) is 1.19. The summed E-state index contributed by atoms with van der Waals surface area (Å²) in [7, 11) is 1.34. The minimum Gasteiger partial charge on any atom is -0.493 e. The molecule has 0 radical (unpaired) electrons. The number of aryl methyl sites for hydroxylation is 1. The van der Waals surface area contributed by atoms with Crippen molar-refractivity contribution in [1.29, 1.82) is 0 Å². The molecule has 0 spiro atoms. The van der Waals surface area contributed by atoms with Gasteiger partial charge >= 0.3 is 12.6 Å². The first-order valence-corrected chi connectivity index (χ1v) is 8.19. The van der Waals surface area contributed by atoms with E-state index >= 15 is 0 Å². The van der Waals surface area contributed by atoms with E-state index in [4.69, 9.17) is 4.74 Å². The molecule has 2 N–H and O–H groups in total. The monoisotopic (exact) mass is 368 g/mol. The highest BCUT2D eigenvalue weighted by Gasteiger charge is 2.16. The summed E-state index contributed by atoms with van der Waals surface area (Å²) < 4.78 is 36.1. The maximum Gasteiger partial charge on any atom is 0.387 e. The summed E-state index contributed by atoms with van der Waals surface area (Å²) >= 11 is 0. The lowest BCUT2D eigenvalue weighted by Crippen LogP contribution is -2.32. The van der Waals surface area contributed by atoms with Crippen LogP contribution in [0.15, 0.2) is 30.6 Å². The highest BCUT2D eigenvalue weighted by atomic mass is 19.3. The zero-order chi connectivity index (χ0) is 19.1. The first-order chi connectivity index (χ1) is 12.5. The zero-order valence-corrected chi connectivity index (χ0v) is 14.8. The number of carbonyl (C=O) groups excluding carboxylic acids is 1. The number of methoxy groups -OCH3 is 1. The van der Waals surface area contributed by atoms with E-state index in [2.05, 4.69) is 20.5 Å². The lowest BCUT2D eigenvalue weighted by molar-refractivity contribution is -0.0511. The number of aromatic nitrogens is 2. The largest absolute Gasteiger partial charge is 0.493 e. The first-order valence-electron chi connectivity index (χ1n) is 8.19. The Morgan fingerprint density at radius 3 is 2.65 bits per heavy atom. The minimum absolute atomic E-state index is 0.148. The maximum atomic E-state index is 12.5. The molecule has 142 valence electrons. The van der Waals surface area contributed by atoms with Crippen molar-refractivity contribution in [2.75, 3.05) is 12.4 Å². The highest BCUT2D eigenvalue weighted by Crippen LogP contribution is 2.31. The SMILES string of the molecule is CC[C@@H](NC(=O)Nc1ccc(OC)c(OC(F)F)c1)c1cnn(CC)c1. The van der Waals surface area contributed by atoms with Crippen molar-refractivity contribution < 1.29 is 23.0 Å². The Morgan fingerprint density at radius 1 is 1.31 bits per heavy atom. The van der Waals surface area contributed by atoms with Gasteiger partial charge in [-0.15, -0.1) is 0 Å². The number of urea groups is 1. The van der Waals surface area contributed by atoms with Gasteiger partial charge < -0.3 is 20.1 Å². The molecule has 0 bridgehead atoms. The molecular formula is C17H22F2N4O3. The molecule has 0 aliphatic heterocycles. The molecule has 2 aromatic rings. The molecule has 0 fully saturated rings. The van der Waals surface area contributed by atoms with E-state index in [9.17, 15) is 13.6 Å². The van der Waals surface area contributed by atoms with Gasteiger partial charge in [0.2, 0.25) is 0 Å². The number of carbonyl (C=O) groups is 1. The van der Waals surface area contributed by atoms with Crippen LogP contribution >= 0.6 is 0 Å². The third kappa shape index (κ3) is 5.08. The smallest absolute Gasteiger partial charge is 0.387 e. The van der Waals surface area contributed by atoms with Gasteiger partial charge in [-0.3, -0.25) is 4.68 Å². The number of nitrogens with one attached hydrogen (secondary N) is 2. The number of hydrogen-bond acceptors (Lipinski definition) is 4. The van der Waals surface area contributed by atoms with Crippen molar-refractivity contribution in [3.8, 4) is 11.5 Å². The Kier molecular flexibility index (Phi) is 6.76. The van der Waals surface area contributed by atoms with Crippen LogP contribution in [0.5, 0.6) is 11.5 Å². The summed E-state index contributed by atoms with van der Waals surface area (Å²) in [5.74, 6) is -0.00811. The van der Waals surface area contributed by atoms with Gasteiger partial charge in [0, 0.05) is 30.1 Å². The van der Waals surface area contributed by atoms with Crippen LogP contribution in [0.1, 0.15) is 31.9 Å². The van der Waals surface area contributed by atoms with Crippen molar-refractivity contribution in [2.45, 2.75) is 39.5 Å². The predicted octanol–water partition coefficient (Wildman–Crippen LogP) is 3.79. The van der Waals surface area contributed by atoms with Gasteiger partial charge in [-0.1, -0.05) is 6.92 Å². The molecular weight excluding hydrogens is 346 g/mol. The predicted molar refractivity (Wildman–Crippen MR) is 92.7 cm³/mol. The summed E-state index contributed by atoms with van der Waals surface area (Å²) in [6, 6.07) is 3.57. The first kappa shape index (κ1) is 19.5. The number of halogens is 2. The highest BCUT2D eigenvalue weighted by molar-refractivity contribution is 5.90. The molecule has 0 aliphatic rings. The fraction of sp³-hybridized carbons (Fsp3) is 0.412. The van der Waals surface area contributed by atoms with Gasteiger partial charge in [-0.25, -0.2) is 4.79 Å². The second-order valence-corrected chi connectivity index (χ2v) is 5.43. The van der Waals surface area contributed by atoms with Crippen LogP contribution in [0.4, 0.5) is 19.3 Å². The van der Waals surface area contributed by atoms with Gasteiger partial charge in [0.15, 0.2) is 11.5 Å². The number of anilines is 1. The Morgan fingerprint density at radius 2 is 2.08 bits per heavy atom.